The summed E-state index contributed by atoms with van der Waals surface area (Å²) < 4.78 is 26.6. The minimum absolute atomic E-state index is 0.192. The molecule has 0 unspecified atom stereocenters. The zero-order valence-corrected chi connectivity index (χ0v) is 16.0. The molecule has 1 heterocycles. The van der Waals surface area contributed by atoms with Gasteiger partial charge in [-0.25, -0.2) is 8.42 Å². The van der Waals surface area contributed by atoms with Crippen LogP contribution in [0.4, 0.5) is 11.4 Å². The van der Waals surface area contributed by atoms with Crippen molar-refractivity contribution >= 4 is 61.0 Å². The van der Waals surface area contributed by atoms with Crippen LogP contribution < -0.4 is 15.5 Å². The van der Waals surface area contributed by atoms with Crippen molar-refractivity contribution in [1.29, 1.82) is 0 Å². The molecular formula is C17H14N2O4S3. The number of amides is 1. The number of rotatable bonds is 6. The van der Waals surface area contributed by atoms with Gasteiger partial charge in [-0.2, -0.15) is 0 Å². The summed E-state index contributed by atoms with van der Waals surface area (Å²) in [7, 11) is -3.48. The van der Waals surface area contributed by atoms with E-state index in [2.05, 4.69) is 10.0 Å². The van der Waals surface area contributed by atoms with E-state index < -0.39 is 10.0 Å². The van der Waals surface area contributed by atoms with E-state index in [-0.39, 0.29) is 11.1 Å². The molecule has 0 fully saturated rings. The van der Waals surface area contributed by atoms with Crippen LogP contribution in [0, 0.1) is 0 Å². The first kappa shape index (κ1) is 18.4. The van der Waals surface area contributed by atoms with E-state index >= 15 is 0 Å². The first-order valence-electron chi connectivity index (χ1n) is 7.38. The van der Waals surface area contributed by atoms with Crippen LogP contribution in [-0.2, 0) is 14.8 Å². The second-order valence-corrected chi connectivity index (χ2v) is 9.15. The summed E-state index contributed by atoms with van der Waals surface area (Å²) in [5.74, 6) is 0. The molecule has 0 radical (unpaired) electrons. The quantitative estimate of drug-likeness (QED) is 0.613. The van der Waals surface area contributed by atoms with Crippen LogP contribution in [0.2, 0.25) is 0 Å². The third-order valence-electron chi connectivity index (χ3n) is 3.36. The lowest BCUT2D eigenvalue weighted by atomic mass is 10.2. The van der Waals surface area contributed by atoms with Crippen molar-refractivity contribution in [2.24, 2.45) is 0 Å². The van der Waals surface area contributed by atoms with Crippen LogP contribution in [0.25, 0.3) is 10.1 Å². The molecule has 0 aliphatic heterocycles. The monoisotopic (exact) mass is 406 g/mol. The number of carbonyl (C=O) groups excluding carboxylic acids is 1. The van der Waals surface area contributed by atoms with Gasteiger partial charge < -0.3 is 5.32 Å². The number of sulfonamides is 1. The minimum atomic E-state index is -3.48. The average molecular weight is 407 g/mol. The van der Waals surface area contributed by atoms with Gasteiger partial charge >= 0.3 is 0 Å². The molecule has 9 heteroatoms. The average Bonchev–Trinajstić information content (AvgIpc) is 2.58. The molecule has 3 rings (SSSR count). The number of benzene rings is 2. The first-order valence-corrected chi connectivity index (χ1v) is 11.0. The zero-order valence-electron chi connectivity index (χ0n) is 13.6. The highest BCUT2D eigenvalue weighted by Crippen LogP contribution is 2.37. The second kappa shape index (κ2) is 7.48. The fourth-order valence-corrected chi connectivity index (χ4v) is 4.76. The van der Waals surface area contributed by atoms with E-state index in [1.165, 1.54) is 28.5 Å². The Morgan fingerprint density at radius 1 is 1.12 bits per heavy atom. The van der Waals surface area contributed by atoms with Crippen molar-refractivity contribution in [2.75, 3.05) is 16.3 Å². The number of nitrogens with one attached hydrogen (secondary N) is 2. The van der Waals surface area contributed by atoms with Crippen LogP contribution in [0.1, 0.15) is 0 Å². The van der Waals surface area contributed by atoms with Gasteiger partial charge in [0.25, 0.3) is 0 Å². The molecule has 0 saturated carbocycles. The van der Waals surface area contributed by atoms with E-state index in [0.29, 0.717) is 27.1 Å². The van der Waals surface area contributed by atoms with E-state index in [9.17, 15) is 18.0 Å². The Kier molecular flexibility index (Phi) is 5.30. The summed E-state index contributed by atoms with van der Waals surface area (Å²) >= 11 is 2.59. The third kappa shape index (κ3) is 4.24. The Labute approximate surface area is 158 Å². The SMILES string of the molecule is CS(=O)(=O)Nc1cc2scc(NC=O)c(=O)c2cc1Sc1ccccc1. The summed E-state index contributed by atoms with van der Waals surface area (Å²) in [5.41, 5.74) is 0.282. The number of hydrogen-bond acceptors (Lipinski definition) is 6. The van der Waals surface area contributed by atoms with E-state index in [4.69, 9.17) is 0 Å². The third-order valence-corrected chi connectivity index (χ3v) is 5.96. The molecule has 0 aliphatic carbocycles. The van der Waals surface area contributed by atoms with E-state index in [1.807, 2.05) is 30.3 Å². The van der Waals surface area contributed by atoms with Crippen LogP contribution in [0.3, 0.4) is 0 Å². The fraction of sp³-hybridized carbons (Fsp3) is 0.0588. The topological polar surface area (TPSA) is 92.3 Å². The smallest absolute Gasteiger partial charge is 0.229 e. The van der Waals surface area contributed by atoms with Crippen molar-refractivity contribution in [3.8, 4) is 0 Å². The summed E-state index contributed by atoms with van der Waals surface area (Å²) in [4.78, 5) is 24.7. The highest BCUT2D eigenvalue weighted by molar-refractivity contribution is 7.99. The van der Waals surface area contributed by atoms with Gasteiger partial charge in [0.15, 0.2) is 0 Å². The normalized spacial score (nSPS) is 11.3. The number of hydrogen-bond donors (Lipinski definition) is 2. The van der Waals surface area contributed by atoms with Crippen molar-refractivity contribution in [3.05, 3.63) is 58.1 Å². The molecular weight excluding hydrogens is 392 g/mol. The predicted molar refractivity (Wildman–Crippen MR) is 107 cm³/mol. The zero-order chi connectivity index (χ0) is 18.7. The second-order valence-electron chi connectivity index (χ2n) is 5.37. The van der Waals surface area contributed by atoms with Gasteiger partial charge in [-0.1, -0.05) is 30.0 Å². The van der Waals surface area contributed by atoms with Crippen LogP contribution in [0.15, 0.2) is 62.4 Å². The first-order chi connectivity index (χ1) is 12.4. The molecule has 0 spiro atoms. The molecule has 2 N–H and O–H groups in total. The Morgan fingerprint density at radius 2 is 1.85 bits per heavy atom. The lowest BCUT2D eigenvalue weighted by Crippen LogP contribution is -2.12. The molecule has 6 nitrogen and oxygen atoms in total. The molecule has 134 valence electrons. The molecule has 1 aromatic heterocycles. The van der Waals surface area contributed by atoms with Crippen molar-refractivity contribution in [3.63, 3.8) is 0 Å². The predicted octanol–water partition coefficient (Wildman–Crippen LogP) is 3.35. The highest BCUT2D eigenvalue weighted by atomic mass is 32.2. The van der Waals surface area contributed by atoms with Gasteiger partial charge in [0.2, 0.25) is 21.9 Å². The van der Waals surface area contributed by atoms with Gasteiger partial charge in [-0.3, -0.25) is 14.3 Å². The number of carbonyl (C=O) groups is 1. The van der Waals surface area contributed by atoms with E-state index in [1.54, 1.807) is 12.1 Å². The summed E-state index contributed by atoms with van der Waals surface area (Å²) in [6.45, 7) is 0. The van der Waals surface area contributed by atoms with Gasteiger partial charge in [0.05, 0.1) is 17.6 Å². The van der Waals surface area contributed by atoms with Gasteiger partial charge in [-0.05, 0) is 24.3 Å². The summed E-state index contributed by atoms with van der Waals surface area (Å²) in [5, 5.41) is 4.34. The van der Waals surface area contributed by atoms with Crippen molar-refractivity contribution in [1.82, 2.24) is 0 Å². The molecule has 0 bridgehead atoms. The Hall–Kier alpha value is -2.36. The molecule has 0 saturated heterocycles. The molecule has 0 atom stereocenters. The standard InChI is InChI=1S/C17H14N2O4S3/c1-26(22,23)19-13-8-15-12(17(21)14(9-24-15)18-10-20)7-16(13)25-11-5-3-2-4-6-11/h2-10,19H,1H3,(H,18,20). The Balaban J connectivity index is 2.19. The van der Waals surface area contributed by atoms with Crippen molar-refractivity contribution in [2.45, 2.75) is 9.79 Å². The Morgan fingerprint density at radius 3 is 2.50 bits per heavy atom. The highest BCUT2D eigenvalue weighted by Gasteiger charge is 2.14. The van der Waals surface area contributed by atoms with Crippen LogP contribution >= 0.6 is 23.1 Å². The van der Waals surface area contributed by atoms with Crippen LogP contribution in [-0.4, -0.2) is 21.1 Å². The fourth-order valence-electron chi connectivity index (χ4n) is 2.30. The summed E-state index contributed by atoms with van der Waals surface area (Å²) in [6, 6.07) is 12.7. The number of fused-ring (bicyclic) bond motifs is 1. The summed E-state index contributed by atoms with van der Waals surface area (Å²) in [6.07, 6.45) is 1.53. The molecule has 26 heavy (non-hydrogen) atoms. The molecule has 3 aromatic rings. The molecule has 0 aliphatic rings. The lowest BCUT2D eigenvalue weighted by molar-refractivity contribution is -0.105. The maximum atomic E-state index is 12.6. The molecule has 1 amide bonds. The van der Waals surface area contributed by atoms with Gasteiger partial charge in [-0.15, -0.1) is 11.3 Å². The molecule has 2 aromatic carbocycles. The Bertz CT molecular complexity index is 1130. The minimum Gasteiger partial charge on any atom is -0.325 e. The van der Waals surface area contributed by atoms with Crippen LogP contribution in [0.5, 0.6) is 0 Å². The lowest BCUT2D eigenvalue weighted by Gasteiger charge is -2.12. The maximum Gasteiger partial charge on any atom is 0.229 e. The van der Waals surface area contributed by atoms with Gasteiger partial charge in [0, 0.05) is 25.3 Å². The van der Waals surface area contributed by atoms with Gasteiger partial charge in [0.1, 0.15) is 0 Å². The van der Waals surface area contributed by atoms with Crippen molar-refractivity contribution < 1.29 is 13.2 Å². The number of anilines is 2. The van der Waals surface area contributed by atoms with E-state index in [0.717, 1.165) is 11.2 Å². The maximum absolute atomic E-state index is 12.6. The largest absolute Gasteiger partial charge is 0.325 e.